The van der Waals surface area contributed by atoms with Gasteiger partial charge in [-0.2, -0.15) is 5.26 Å². The number of nitrogens with zero attached hydrogens (tertiary/aromatic N) is 1. The van der Waals surface area contributed by atoms with E-state index >= 15 is 0 Å². The average Bonchev–Trinajstić information content (AvgIpc) is 3.09. The number of esters is 1. The highest BCUT2D eigenvalue weighted by molar-refractivity contribution is 7.91. The molecule has 0 heterocycles. The SMILES string of the molecule is CCOC(=O)[C@]1(C#N)[C@H](c2cccc(Cl)c2)[C@H]1S(C)(=O)=O. The van der Waals surface area contributed by atoms with Gasteiger partial charge in [-0.1, -0.05) is 23.7 Å². The summed E-state index contributed by atoms with van der Waals surface area (Å²) in [5.74, 6) is -1.55. The first-order valence-electron chi connectivity index (χ1n) is 6.31. The second kappa shape index (κ2) is 5.32. The standard InChI is InChI=1S/C14H14ClNO4S/c1-3-20-13(17)14(8-16)11(12(14)21(2,18)19)9-5-4-6-10(15)7-9/h4-7,11-12H,3H2,1-2H3/t11-,12-,14-/m1/s1. The van der Waals surface area contributed by atoms with Crippen molar-refractivity contribution in [2.24, 2.45) is 5.41 Å². The first-order valence-corrected chi connectivity index (χ1v) is 8.65. The lowest BCUT2D eigenvalue weighted by molar-refractivity contribution is -0.147. The molecule has 0 spiro atoms. The topological polar surface area (TPSA) is 84.2 Å². The number of carbonyl (C=O) groups is 1. The van der Waals surface area contributed by atoms with Gasteiger partial charge >= 0.3 is 5.97 Å². The summed E-state index contributed by atoms with van der Waals surface area (Å²) in [5.41, 5.74) is -1.14. The molecule has 1 aromatic rings. The molecule has 1 aromatic carbocycles. The van der Waals surface area contributed by atoms with Gasteiger partial charge in [0.1, 0.15) is 5.25 Å². The van der Waals surface area contributed by atoms with Crippen molar-refractivity contribution in [2.75, 3.05) is 12.9 Å². The van der Waals surface area contributed by atoms with Gasteiger partial charge < -0.3 is 4.74 Å². The summed E-state index contributed by atoms with van der Waals surface area (Å²) in [5, 5.41) is 8.75. The van der Waals surface area contributed by atoms with Gasteiger partial charge in [-0.25, -0.2) is 8.42 Å². The molecule has 0 aromatic heterocycles. The van der Waals surface area contributed by atoms with Crippen LogP contribution >= 0.6 is 11.6 Å². The van der Waals surface area contributed by atoms with Gasteiger partial charge in [-0.05, 0) is 24.6 Å². The van der Waals surface area contributed by atoms with E-state index in [1.54, 1.807) is 31.2 Å². The van der Waals surface area contributed by atoms with E-state index in [0.717, 1.165) is 6.26 Å². The Morgan fingerprint density at radius 2 is 2.19 bits per heavy atom. The number of ether oxygens (including phenoxy) is 1. The van der Waals surface area contributed by atoms with E-state index in [2.05, 4.69) is 0 Å². The first-order chi connectivity index (χ1) is 9.79. The lowest BCUT2D eigenvalue weighted by Gasteiger charge is -2.08. The van der Waals surface area contributed by atoms with Crippen molar-refractivity contribution >= 4 is 27.4 Å². The maximum absolute atomic E-state index is 12.1. The van der Waals surface area contributed by atoms with Gasteiger partial charge in [0.2, 0.25) is 0 Å². The number of hydrogen-bond acceptors (Lipinski definition) is 5. The van der Waals surface area contributed by atoms with Crippen LogP contribution in [0, 0.1) is 16.7 Å². The number of hydrogen-bond donors (Lipinski definition) is 0. The number of halogens is 1. The molecule has 112 valence electrons. The van der Waals surface area contributed by atoms with Crippen molar-refractivity contribution in [1.82, 2.24) is 0 Å². The molecule has 1 saturated carbocycles. The van der Waals surface area contributed by atoms with Crippen LogP contribution in [-0.2, 0) is 19.4 Å². The fraction of sp³-hybridized carbons (Fsp3) is 0.429. The highest BCUT2D eigenvalue weighted by atomic mass is 35.5. The molecule has 1 aliphatic rings. The maximum atomic E-state index is 12.1. The molecular weight excluding hydrogens is 314 g/mol. The Morgan fingerprint density at radius 3 is 2.67 bits per heavy atom. The molecule has 21 heavy (non-hydrogen) atoms. The Labute approximate surface area is 128 Å². The predicted molar refractivity (Wildman–Crippen MR) is 77.5 cm³/mol. The minimum absolute atomic E-state index is 0.0843. The molecular formula is C14H14ClNO4S. The molecule has 3 atom stereocenters. The van der Waals surface area contributed by atoms with Crippen LogP contribution in [-0.4, -0.2) is 32.5 Å². The van der Waals surface area contributed by atoms with E-state index in [9.17, 15) is 18.5 Å². The third-order valence-corrected chi connectivity index (χ3v) is 5.40. The third kappa shape index (κ3) is 2.52. The predicted octanol–water partition coefficient (Wildman–Crippen LogP) is 1.92. The Hall–Kier alpha value is -1.58. The van der Waals surface area contributed by atoms with Crippen LogP contribution in [0.4, 0.5) is 0 Å². The van der Waals surface area contributed by atoms with Crippen LogP contribution in [0.3, 0.4) is 0 Å². The molecule has 0 aliphatic heterocycles. The van der Waals surface area contributed by atoms with Crippen LogP contribution in [0.1, 0.15) is 18.4 Å². The second-order valence-electron chi connectivity index (χ2n) is 4.98. The number of benzene rings is 1. The third-order valence-electron chi connectivity index (χ3n) is 3.60. The molecule has 0 bridgehead atoms. The van der Waals surface area contributed by atoms with Gasteiger partial charge in [0.25, 0.3) is 0 Å². The summed E-state index contributed by atoms with van der Waals surface area (Å²) in [6.07, 6.45) is 1.02. The van der Waals surface area contributed by atoms with Crippen LogP contribution in [0.15, 0.2) is 24.3 Å². The van der Waals surface area contributed by atoms with Crippen molar-refractivity contribution in [3.05, 3.63) is 34.9 Å². The Morgan fingerprint density at radius 1 is 1.52 bits per heavy atom. The lowest BCUT2D eigenvalue weighted by Crippen LogP contribution is -2.24. The van der Waals surface area contributed by atoms with Crippen molar-refractivity contribution in [3.63, 3.8) is 0 Å². The summed E-state index contributed by atoms with van der Waals surface area (Å²) in [6, 6.07) is 8.39. The van der Waals surface area contributed by atoms with Gasteiger partial charge in [0.15, 0.2) is 15.3 Å². The van der Waals surface area contributed by atoms with E-state index in [1.807, 2.05) is 6.07 Å². The van der Waals surface area contributed by atoms with E-state index in [4.69, 9.17) is 16.3 Å². The summed E-state index contributed by atoms with van der Waals surface area (Å²) in [7, 11) is -3.59. The highest BCUT2D eigenvalue weighted by Gasteiger charge is 2.76. The molecule has 5 nitrogen and oxygen atoms in total. The van der Waals surface area contributed by atoms with Crippen LogP contribution in [0.25, 0.3) is 0 Å². The first kappa shape index (κ1) is 15.8. The van der Waals surface area contributed by atoms with Crippen LogP contribution < -0.4 is 0 Å². The second-order valence-corrected chi connectivity index (χ2v) is 7.59. The highest BCUT2D eigenvalue weighted by Crippen LogP contribution is 2.63. The molecule has 1 aliphatic carbocycles. The fourth-order valence-corrected chi connectivity index (χ4v) is 4.71. The molecule has 7 heteroatoms. The summed E-state index contributed by atoms with van der Waals surface area (Å²) >= 11 is 5.91. The molecule has 2 rings (SSSR count). The zero-order chi connectivity index (χ0) is 15.8. The molecule has 0 N–H and O–H groups in total. The van der Waals surface area contributed by atoms with E-state index < -0.39 is 32.4 Å². The van der Waals surface area contributed by atoms with E-state index in [-0.39, 0.29) is 6.61 Å². The largest absolute Gasteiger partial charge is 0.465 e. The Kier molecular flexibility index (Phi) is 4.00. The lowest BCUT2D eigenvalue weighted by atomic mass is 10.0. The zero-order valence-electron chi connectivity index (χ0n) is 11.5. The minimum atomic E-state index is -3.59. The molecule has 0 unspecified atom stereocenters. The van der Waals surface area contributed by atoms with E-state index in [0.29, 0.717) is 10.6 Å². The quantitative estimate of drug-likeness (QED) is 0.789. The Balaban J connectivity index is 2.53. The number of rotatable bonds is 4. The van der Waals surface area contributed by atoms with Crippen LogP contribution in [0.5, 0.6) is 0 Å². The van der Waals surface area contributed by atoms with Crippen molar-refractivity contribution in [2.45, 2.75) is 18.1 Å². The maximum Gasteiger partial charge on any atom is 0.328 e. The normalized spacial score (nSPS) is 27.7. The van der Waals surface area contributed by atoms with Gasteiger partial charge in [-0.3, -0.25) is 4.79 Å². The Bertz CT molecular complexity index is 725. The van der Waals surface area contributed by atoms with Crippen molar-refractivity contribution in [3.8, 4) is 6.07 Å². The van der Waals surface area contributed by atoms with Gasteiger partial charge in [-0.15, -0.1) is 0 Å². The van der Waals surface area contributed by atoms with Crippen LogP contribution in [0.2, 0.25) is 5.02 Å². The summed E-state index contributed by atoms with van der Waals surface area (Å²) in [6.45, 7) is 1.69. The average molecular weight is 328 g/mol. The molecule has 0 radical (unpaired) electrons. The summed E-state index contributed by atoms with van der Waals surface area (Å²) in [4.78, 5) is 12.1. The minimum Gasteiger partial charge on any atom is -0.465 e. The number of carbonyl (C=O) groups excluding carboxylic acids is 1. The van der Waals surface area contributed by atoms with Gasteiger partial charge in [0, 0.05) is 17.2 Å². The number of nitriles is 1. The van der Waals surface area contributed by atoms with Crippen molar-refractivity contribution < 1.29 is 17.9 Å². The molecule has 1 fully saturated rings. The zero-order valence-corrected chi connectivity index (χ0v) is 13.1. The van der Waals surface area contributed by atoms with Crippen molar-refractivity contribution in [1.29, 1.82) is 5.26 Å². The number of sulfone groups is 1. The van der Waals surface area contributed by atoms with Gasteiger partial charge in [0.05, 0.1) is 12.7 Å². The fourth-order valence-electron chi connectivity index (χ4n) is 2.75. The monoisotopic (exact) mass is 327 g/mol. The summed E-state index contributed by atoms with van der Waals surface area (Å²) < 4.78 is 28.8. The smallest absolute Gasteiger partial charge is 0.328 e. The molecule has 0 saturated heterocycles. The van der Waals surface area contributed by atoms with E-state index in [1.165, 1.54) is 0 Å². The molecule has 0 amide bonds.